The minimum Gasteiger partial charge on any atom is -0.425 e. The van der Waals surface area contributed by atoms with E-state index >= 15 is 0 Å². The van der Waals surface area contributed by atoms with Crippen molar-refractivity contribution >= 4 is 5.97 Å². The molecule has 0 amide bonds. The molecule has 0 bridgehead atoms. The molecule has 0 unspecified atom stereocenters. The summed E-state index contributed by atoms with van der Waals surface area (Å²) in [5, 5.41) is 0. The van der Waals surface area contributed by atoms with Crippen LogP contribution in [-0.4, -0.2) is 55.5 Å². The predicted molar refractivity (Wildman–Crippen MR) is 75.5 cm³/mol. The van der Waals surface area contributed by atoms with Crippen LogP contribution in [0.25, 0.3) is 0 Å². The number of carbonyl (C=O) groups is 1. The van der Waals surface area contributed by atoms with Gasteiger partial charge in [0.1, 0.15) is 5.75 Å². The van der Waals surface area contributed by atoms with E-state index in [1.165, 1.54) is 0 Å². The van der Waals surface area contributed by atoms with Crippen molar-refractivity contribution in [3.8, 4) is 5.75 Å². The Hall–Kier alpha value is -1.39. The normalized spacial score (nSPS) is 17.4. The van der Waals surface area contributed by atoms with Crippen molar-refractivity contribution < 1.29 is 9.53 Å². The fraction of sp³-hybridized carbons (Fsp3) is 0.533. The quantitative estimate of drug-likeness (QED) is 0.610. The van der Waals surface area contributed by atoms with Gasteiger partial charge in [0.15, 0.2) is 0 Å². The van der Waals surface area contributed by atoms with Gasteiger partial charge in [-0.2, -0.15) is 0 Å². The summed E-state index contributed by atoms with van der Waals surface area (Å²) >= 11 is 0. The molecule has 1 aliphatic rings. The van der Waals surface area contributed by atoms with E-state index in [-0.39, 0.29) is 5.97 Å². The lowest BCUT2D eigenvalue weighted by atomic mass is 10.1. The average Bonchev–Trinajstić information content (AvgIpc) is 2.37. The molecule has 0 aliphatic carbocycles. The van der Waals surface area contributed by atoms with Crippen LogP contribution in [0.1, 0.15) is 11.1 Å². The maximum Gasteiger partial charge on any atom is 0.325 e. The first kappa shape index (κ1) is 14.0. The molecule has 4 heteroatoms. The summed E-state index contributed by atoms with van der Waals surface area (Å²) in [6.45, 7) is 8.18. The van der Waals surface area contributed by atoms with Crippen molar-refractivity contribution in [1.29, 1.82) is 0 Å². The van der Waals surface area contributed by atoms with E-state index < -0.39 is 0 Å². The van der Waals surface area contributed by atoms with Gasteiger partial charge in [0, 0.05) is 26.2 Å². The van der Waals surface area contributed by atoms with Gasteiger partial charge in [-0.05, 0) is 32.0 Å². The summed E-state index contributed by atoms with van der Waals surface area (Å²) in [7, 11) is 2.10. The van der Waals surface area contributed by atoms with Gasteiger partial charge < -0.3 is 9.64 Å². The molecule has 104 valence electrons. The molecule has 1 aromatic carbocycles. The Morgan fingerprint density at radius 1 is 1.16 bits per heavy atom. The number of likely N-dealkylation sites (N-methyl/N-ethyl adjacent to an activating group) is 1. The third-order valence-electron chi connectivity index (χ3n) is 3.57. The van der Waals surface area contributed by atoms with E-state index in [0.717, 1.165) is 37.3 Å². The highest BCUT2D eigenvalue weighted by Crippen LogP contribution is 2.22. The third-order valence-corrected chi connectivity index (χ3v) is 3.57. The van der Waals surface area contributed by atoms with Crippen molar-refractivity contribution in [1.82, 2.24) is 9.80 Å². The zero-order valence-corrected chi connectivity index (χ0v) is 12.0. The molecule has 2 rings (SSSR count). The second-order valence-corrected chi connectivity index (χ2v) is 5.27. The molecule has 1 saturated heterocycles. The SMILES string of the molecule is Cc1cccc(C)c1OC(=O)CN1CCN(C)CC1. The lowest BCUT2D eigenvalue weighted by molar-refractivity contribution is -0.136. The van der Waals surface area contributed by atoms with Gasteiger partial charge in [-0.15, -0.1) is 0 Å². The van der Waals surface area contributed by atoms with Crippen molar-refractivity contribution in [3.05, 3.63) is 29.3 Å². The number of benzene rings is 1. The monoisotopic (exact) mass is 262 g/mol. The summed E-state index contributed by atoms with van der Waals surface area (Å²) < 4.78 is 5.51. The molecule has 1 aromatic rings. The van der Waals surface area contributed by atoms with Crippen LogP contribution in [-0.2, 0) is 4.79 Å². The molecule has 0 saturated carbocycles. The minimum atomic E-state index is -0.165. The minimum absolute atomic E-state index is 0.165. The van der Waals surface area contributed by atoms with E-state index in [4.69, 9.17) is 4.74 Å². The smallest absolute Gasteiger partial charge is 0.325 e. The first-order chi connectivity index (χ1) is 9.06. The van der Waals surface area contributed by atoms with Crippen LogP contribution in [0, 0.1) is 13.8 Å². The van der Waals surface area contributed by atoms with Crippen molar-refractivity contribution in [2.45, 2.75) is 13.8 Å². The van der Waals surface area contributed by atoms with Gasteiger partial charge in [0.05, 0.1) is 6.54 Å². The highest BCUT2D eigenvalue weighted by atomic mass is 16.5. The first-order valence-electron chi connectivity index (χ1n) is 6.74. The Balaban J connectivity index is 1.91. The van der Waals surface area contributed by atoms with Gasteiger partial charge in [-0.25, -0.2) is 0 Å². The first-order valence-corrected chi connectivity index (χ1v) is 6.74. The molecular formula is C15H22N2O2. The van der Waals surface area contributed by atoms with E-state index in [9.17, 15) is 4.79 Å². The topological polar surface area (TPSA) is 32.8 Å². The van der Waals surface area contributed by atoms with Crippen LogP contribution >= 0.6 is 0 Å². The van der Waals surface area contributed by atoms with E-state index in [1.807, 2.05) is 32.0 Å². The molecule has 0 aromatic heterocycles. The average molecular weight is 262 g/mol. The van der Waals surface area contributed by atoms with Crippen LogP contribution < -0.4 is 4.74 Å². The number of ether oxygens (including phenoxy) is 1. The number of nitrogens with zero attached hydrogens (tertiary/aromatic N) is 2. The zero-order valence-electron chi connectivity index (χ0n) is 12.0. The Morgan fingerprint density at radius 3 is 2.32 bits per heavy atom. The van der Waals surface area contributed by atoms with Crippen LogP contribution in [0.15, 0.2) is 18.2 Å². The van der Waals surface area contributed by atoms with E-state index in [1.54, 1.807) is 0 Å². The lowest BCUT2D eigenvalue weighted by Gasteiger charge is -2.31. The van der Waals surface area contributed by atoms with Crippen molar-refractivity contribution in [3.63, 3.8) is 0 Å². The number of esters is 1. The number of para-hydroxylation sites is 1. The van der Waals surface area contributed by atoms with E-state index in [2.05, 4.69) is 16.8 Å². The molecule has 4 nitrogen and oxygen atoms in total. The number of hydrogen-bond acceptors (Lipinski definition) is 4. The largest absolute Gasteiger partial charge is 0.425 e. The fourth-order valence-electron chi connectivity index (χ4n) is 2.29. The van der Waals surface area contributed by atoms with E-state index in [0.29, 0.717) is 12.3 Å². The van der Waals surface area contributed by atoms with Crippen molar-refractivity contribution in [2.24, 2.45) is 0 Å². The summed E-state index contributed by atoms with van der Waals surface area (Å²) in [6, 6.07) is 5.90. The highest BCUT2D eigenvalue weighted by molar-refractivity contribution is 5.75. The van der Waals surface area contributed by atoms with Gasteiger partial charge >= 0.3 is 5.97 Å². The van der Waals surface area contributed by atoms with Crippen LogP contribution in [0.5, 0.6) is 5.75 Å². The van der Waals surface area contributed by atoms with Gasteiger partial charge in [0.2, 0.25) is 0 Å². The third kappa shape index (κ3) is 3.78. The maximum atomic E-state index is 12.0. The van der Waals surface area contributed by atoms with Gasteiger partial charge in [0.25, 0.3) is 0 Å². The number of rotatable bonds is 3. The Morgan fingerprint density at radius 2 is 1.74 bits per heavy atom. The molecule has 0 spiro atoms. The van der Waals surface area contributed by atoms with Crippen LogP contribution in [0.3, 0.4) is 0 Å². The highest BCUT2D eigenvalue weighted by Gasteiger charge is 2.18. The standard InChI is InChI=1S/C15H22N2O2/c1-12-5-4-6-13(2)15(12)19-14(18)11-17-9-7-16(3)8-10-17/h4-6H,7-11H2,1-3H3. The number of aryl methyl sites for hydroxylation is 2. The van der Waals surface area contributed by atoms with Gasteiger partial charge in [-0.3, -0.25) is 9.69 Å². The van der Waals surface area contributed by atoms with Crippen molar-refractivity contribution in [2.75, 3.05) is 39.8 Å². The summed E-state index contributed by atoms with van der Waals surface area (Å²) in [6.07, 6.45) is 0. The second kappa shape index (κ2) is 6.17. The Kier molecular flexibility index (Phi) is 4.56. The number of piperazine rings is 1. The van der Waals surface area contributed by atoms with Crippen LogP contribution in [0.4, 0.5) is 0 Å². The Bertz CT molecular complexity index is 431. The molecule has 0 N–H and O–H groups in total. The summed E-state index contributed by atoms with van der Waals surface area (Å²) in [5.41, 5.74) is 2.01. The summed E-state index contributed by atoms with van der Waals surface area (Å²) in [5.74, 6) is 0.545. The number of hydrogen-bond donors (Lipinski definition) is 0. The predicted octanol–water partition coefficient (Wildman–Crippen LogP) is 1.46. The molecule has 0 atom stereocenters. The van der Waals surface area contributed by atoms with Crippen LogP contribution in [0.2, 0.25) is 0 Å². The fourth-order valence-corrected chi connectivity index (χ4v) is 2.29. The second-order valence-electron chi connectivity index (χ2n) is 5.27. The molecule has 1 fully saturated rings. The molecule has 19 heavy (non-hydrogen) atoms. The molecule has 0 radical (unpaired) electrons. The number of carbonyl (C=O) groups excluding carboxylic acids is 1. The molecule has 1 aliphatic heterocycles. The summed E-state index contributed by atoms with van der Waals surface area (Å²) in [4.78, 5) is 16.4. The molecular weight excluding hydrogens is 240 g/mol. The Labute approximate surface area is 115 Å². The molecule has 1 heterocycles. The lowest BCUT2D eigenvalue weighted by Crippen LogP contribution is -2.46. The zero-order chi connectivity index (χ0) is 13.8. The maximum absolute atomic E-state index is 12.0. The van der Waals surface area contributed by atoms with Gasteiger partial charge in [-0.1, -0.05) is 18.2 Å².